The number of anilines is 2. The summed E-state index contributed by atoms with van der Waals surface area (Å²) in [4.78, 5) is 9.28. The van der Waals surface area contributed by atoms with Crippen LogP contribution in [-0.4, -0.2) is 45.8 Å². The molecule has 0 saturated carbocycles. The number of hydrogen-bond donors (Lipinski definition) is 0. The molecule has 1 aromatic heterocycles. The molecule has 0 amide bonds. The number of nitrogens with zero attached hydrogens (tertiary/aromatic N) is 3. The van der Waals surface area contributed by atoms with E-state index in [0.29, 0.717) is 4.90 Å². The zero-order chi connectivity index (χ0) is 15.6. The second-order valence-electron chi connectivity index (χ2n) is 5.43. The van der Waals surface area contributed by atoms with Crippen LogP contribution in [0.15, 0.2) is 53.6 Å². The second-order valence-corrected chi connectivity index (χ2v) is 7.44. The molecule has 2 aromatic rings. The van der Waals surface area contributed by atoms with Gasteiger partial charge < -0.3 is 9.80 Å². The first kappa shape index (κ1) is 14.8. The first-order chi connectivity index (χ1) is 10.5. The third kappa shape index (κ3) is 3.22. The third-order valence-electron chi connectivity index (χ3n) is 3.88. The number of aromatic nitrogens is 1. The minimum Gasteiger partial charge on any atom is -0.368 e. The Morgan fingerprint density at radius 3 is 2.09 bits per heavy atom. The number of hydrogen-bond acceptors (Lipinski definition) is 5. The average Bonchev–Trinajstić information content (AvgIpc) is 2.55. The molecule has 2 heterocycles. The Kier molecular flexibility index (Phi) is 4.02. The number of rotatable bonds is 3. The van der Waals surface area contributed by atoms with Gasteiger partial charge in [0.2, 0.25) is 0 Å². The van der Waals surface area contributed by atoms with Crippen LogP contribution in [0.2, 0.25) is 0 Å². The Hall–Kier alpha value is -2.08. The van der Waals surface area contributed by atoms with Crippen molar-refractivity contribution in [2.24, 2.45) is 0 Å². The summed E-state index contributed by atoms with van der Waals surface area (Å²) in [6.45, 7) is 3.61. The highest BCUT2D eigenvalue weighted by atomic mass is 32.2. The zero-order valence-corrected chi connectivity index (χ0v) is 13.3. The van der Waals surface area contributed by atoms with E-state index in [0.717, 1.165) is 37.7 Å². The average molecular weight is 317 g/mol. The van der Waals surface area contributed by atoms with E-state index < -0.39 is 9.84 Å². The monoisotopic (exact) mass is 317 g/mol. The Morgan fingerprint density at radius 1 is 0.909 bits per heavy atom. The van der Waals surface area contributed by atoms with Crippen molar-refractivity contribution in [3.05, 3.63) is 48.7 Å². The van der Waals surface area contributed by atoms with Gasteiger partial charge in [-0.05, 0) is 36.4 Å². The molecule has 0 aliphatic carbocycles. The van der Waals surface area contributed by atoms with Gasteiger partial charge in [-0.2, -0.15) is 0 Å². The Labute approximate surface area is 131 Å². The summed E-state index contributed by atoms with van der Waals surface area (Å²) in [5.41, 5.74) is 1.06. The number of piperazine rings is 1. The molecule has 1 fully saturated rings. The fourth-order valence-electron chi connectivity index (χ4n) is 2.64. The molecule has 3 rings (SSSR count). The van der Waals surface area contributed by atoms with Crippen LogP contribution in [0.3, 0.4) is 0 Å². The van der Waals surface area contributed by atoms with Crippen molar-refractivity contribution in [2.75, 3.05) is 42.2 Å². The molecule has 116 valence electrons. The molecule has 0 N–H and O–H groups in total. The predicted molar refractivity (Wildman–Crippen MR) is 88.2 cm³/mol. The molecule has 22 heavy (non-hydrogen) atoms. The molecule has 0 atom stereocenters. The third-order valence-corrected chi connectivity index (χ3v) is 5.01. The van der Waals surface area contributed by atoms with E-state index in [9.17, 15) is 8.42 Å². The summed E-state index contributed by atoms with van der Waals surface area (Å²) < 4.78 is 23.0. The van der Waals surface area contributed by atoms with E-state index >= 15 is 0 Å². The van der Waals surface area contributed by atoms with Gasteiger partial charge >= 0.3 is 0 Å². The molecule has 5 nitrogen and oxygen atoms in total. The van der Waals surface area contributed by atoms with E-state index in [2.05, 4.69) is 14.8 Å². The van der Waals surface area contributed by atoms with Crippen molar-refractivity contribution in [1.29, 1.82) is 0 Å². The lowest BCUT2D eigenvalue weighted by molar-refractivity contribution is 0.602. The summed E-state index contributed by atoms with van der Waals surface area (Å²) in [7, 11) is -3.13. The summed E-state index contributed by atoms with van der Waals surface area (Å²) in [5, 5.41) is 0. The maximum atomic E-state index is 11.5. The normalized spacial score (nSPS) is 15.9. The van der Waals surface area contributed by atoms with Crippen molar-refractivity contribution in [2.45, 2.75) is 4.90 Å². The van der Waals surface area contributed by atoms with Crippen LogP contribution in [0, 0.1) is 0 Å². The number of sulfone groups is 1. The summed E-state index contributed by atoms with van der Waals surface area (Å²) >= 11 is 0. The van der Waals surface area contributed by atoms with Gasteiger partial charge in [-0.25, -0.2) is 13.4 Å². The molecule has 1 saturated heterocycles. The van der Waals surface area contributed by atoms with Crippen LogP contribution in [0.5, 0.6) is 0 Å². The number of benzene rings is 1. The van der Waals surface area contributed by atoms with E-state index in [-0.39, 0.29) is 0 Å². The molecule has 0 unspecified atom stereocenters. The van der Waals surface area contributed by atoms with Gasteiger partial charge in [-0.3, -0.25) is 0 Å². The highest BCUT2D eigenvalue weighted by Crippen LogP contribution is 2.21. The molecular weight excluding hydrogens is 298 g/mol. The Bertz CT molecular complexity index is 722. The summed E-state index contributed by atoms with van der Waals surface area (Å²) in [5.74, 6) is 1.01. The molecule has 0 bridgehead atoms. The maximum Gasteiger partial charge on any atom is 0.175 e. The van der Waals surface area contributed by atoms with E-state index in [1.54, 1.807) is 12.1 Å². The summed E-state index contributed by atoms with van der Waals surface area (Å²) in [6.07, 6.45) is 3.04. The van der Waals surface area contributed by atoms with Crippen LogP contribution in [0.4, 0.5) is 11.5 Å². The molecule has 0 radical (unpaired) electrons. The number of pyridine rings is 1. The lowest BCUT2D eigenvalue weighted by Gasteiger charge is -2.36. The first-order valence-corrected chi connectivity index (χ1v) is 9.14. The fraction of sp³-hybridized carbons (Fsp3) is 0.312. The standard InChI is InChI=1S/C16H19N3O2S/c1-22(20,21)15-7-5-14(6-8-15)18-10-12-19(13-11-18)16-4-2-3-9-17-16/h2-9H,10-13H2,1H3. The van der Waals surface area contributed by atoms with E-state index in [1.807, 2.05) is 36.5 Å². The quantitative estimate of drug-likeness (QED) is 0.864. The summed E-state index contributed by atoms with van der Waals surface area (Å²) in [6, 6.07) is 13.1. The molecule has 6 heteroatoms. The maximum absolute atomic E-state index is 11.5. The van der Waals surface area contributed by atoms with Gasteiger partial charge in [-0.1, -0.05) is 6.07 Å². The van der Waals surface area contributed by atoms with Crippen LogP contribution in [0.1, 0.15) is 0 Å². The SMILES string of the molecule is CS(=O)(=O)c1ccc(N2CCN(c3ccccn3)CC2)cc1. The highest BCUT2D eigenvalue weighted by molar-refractivity contribution is 7.90. The largest absolute Gasteiger partial charge is 0.368 e. The van der Waals surface area contributed by atoms with Gasteiger partial charge in [-0.15, -0.1) is 0 Å². The second kappa shape index (κ2) is 5.96. The first-order valence-electron chi connectivity index (χ1n) is 7.25. The van der Waals surface area contributed by atoms with Gasteiger partial charge in [0, 0.05) is 44.3 Å². The van der Waals surface area contributed by atoms with Crippen LogP contribution in [-0.2, 0) is 9.84 Å². The molecule has 1 aliphatic rings. The fourth-order valence-corrected chi connectivity index (χ4v) is 3.27. The minimum absolute atomic E-state index is 0.364. The van der Waals surface area contributed by atoms with Crippen molar-refractivity contribution < 1.29 is 8.42 Å². The molecular formula is C16H19N3O2S. The van der Waals surface area contributed by atoms with Crippen LogP contribution >= 0.6 is 0 Å². The topological polar surface area (TPSA) is 53.5 Å². The van der Waals surface area contributed by atoms with Crippen molar-refractivity contribution >= 4 is 21.3 Å². The predicted octanol–water partition coefficient (Wildman–Crippen LogP) is 1.81. The van der Waals surface area contributed by atoms with Gasteiger partial charge in [0.15, 0.2) is 9.84 Å². The van der Waals surface area contributed by atoms with Crippen LogP contribution < -0.4 is 9.80 Å². The van der Waals surface area contributed by atoms with Crippen LogP contribution in [0.25, 0.3) is 0 Å². The Balaban J connectivity index is 1.66. The van der Waals surface area contributed by atoms with E-state index in [1.165, 1.54) is 6.26 Å². The van der Waals surface area contributed by atoms with Gasteiger partial charge in [0.1, 0.15) is 5.82 Å². The molecule has 0 spiro atoms. The molecule has 1 aliphatic heterocycles. The smallest absolute Gasteiger partial charge is 0.175 e. The van der Waals surface area contributed by atoms with Crippen molar-refractivity contribution in [1.82, 2.24) is 4.98 Å². The Morgan fingerprint density at radius 2 is 1.55 bits per heavy atom. The van der Waals surface area contributed by atoms with Crippen molar-refractivity contribution in [3.63, 3.8) is 0 Å². The minimum atomic E-state index is -3.13. The zero-order valence-electron chi connectivity index (χ0n) is 12.5. The lowest BCUT2D eigenvalue weighted by atomic mass is 10.2. The van der Waals surface area contributed by atoms with Crippen molar-refractivity contribution in [3.8, 4) is 0 Å². The van der Waals surface area contributed by atoms with Gasteiger partial charge in [0.05, 0.1) is 4.90 Å². The van der Waals surface area contributed by atoms with Gasteiger partial charge in [0.25, 0.3) is 0 Å². The van der Waals surface area contributed by atoms with E-state index in [4.69, 9.17) is 0 Å². The highest BCUT2D eigenvalue weighted by Gasteiger charge is 2.18. The lowest BCUT2D eigenvalue weighted by Crippen LogP contribution is -2.46. The molecule has 1 aromatic carbocycles.